The van der Waals surface area contributed by atoms with Crippen LogP contribution in [0.5, 0.6) is 0 Å². The normalized spacial score (nSPS) is 16.1. The Balaban J connectivity index is 1.98. The molecule has 0 heterocycles. The van der Waals surface area contributed by atoms with E-state index in [0.717, 1.165) is 0 Å². The number of hydrogen-bond acceptors (Lipinski definition) is 4. The lowest BCUT2D eigenvalue weighted by molar-refractivity contribution is -0.142. The first-order chi connectivity index (χ1) is 11.9. The van der Waals surface area contributed by atoms with E-state index >= 15 is 0 Å². The van der Waals surface area contributed by atoms with Crippen LogP contribution < -0.4 is 5.32 Å². The van der Waals surface area contributed by atoms with Crippen LogP contribution in [0, 0.1) is 5.92 Å². The van der Waals surface area contributed by atoms with Crippen molar-refractivity contribution in [3.63, 3.8) is 0 Å². The van der Waals surface area contributed by atoms with E-state index in [1.807, 2.05) is 0 Å². The Morgan fingerprint density at radius 1 is 1.08 bits per heavy atom. The van der Waals surface area contributed by atoms with Crippen molar-refractivity contribution in [3.05, 3.63) is 47.5 Å². The summed E-state index contributed by atoms with van der Waals surface area (Å²) in [5.41, 5.74) is 0.104. The Morgan fingerprint density at radius 3 is 2.16 bits per heavy atom. The number of amides is 1. The molecular weight excluding hydrogens is 322 g/mol. The van der Waals surface area contributed by atoms with E-state index in [9.17, 15) is 19.5 Å². The van der Waals surface area contributed by atoms with E-state index in [-0.39, 0.29) is 5.91 Å². The van der Waals surface area contributed by atoms with Crippen LogP contribution in [0.3, 0.4) is 0 Å². The molecule has 1 amide bonds. The third-order valence-electron chi connectivity index (χ3n) is 4.92. The first kappa shape index (κ1) is 17.0. The Hall–Kier alpha value is -2.89. The molecule has 0 aliphatic heterocycles. The molecule has 0 spiro atoms. The number of ether oxygens (including phenoxy) is 1. The van der Waals surface area contributed by atoms with Gasteiger partial charge in [-0.2, -0.15) is 0 Å². The average molecular weight is 341 g/mol. The van der Waals surface area contributed by atoms with Crippen molar-refractivity contribution in [2.75, 3.05) is 7.11 Å². The summed E-state index contributed by atoms with van der Waals surface area (Å²) in [4.78, 5) is 36.0. The number of methoxy groups -OCH3 is 1. The number of hydrogen-bond donors (Lipinski definition) is 2. The third kappa shape index (κ3) is 2.95. The number of esters is 1. The predicted molar refractivity (Wildman–Crippen MR) is 91.5 cm³/mol. The molecule has 0 aromatic heterocycles. The molecule has 0 radical (unpaired) electrons. The van der Waals surface area contributed by atoms with Gasteiger partial charge in [0.2, 0.25) is 0 Å². The quantitative estimate of drug-likeness (QED) is 0.816. The first-order valence-corrected chi connectivity index (χ1v) is 8.05. The van der Waals surface area contributed by atoms with Gasteiger partial charge in [0, 0.05) is 5.56 Å². The van der Waals surface area contributed by atoms with Crippen LogP contribution in [0.4, 0.5) is 0 Å². The lowest BCUT2D eigenvalue weighted by Gasteiger charge is -2.22. The van der Waals surface area contributed by atoms with Gasteiger partial charge in [0.15, 0.2) is 0 Å². The Labute approximate surface area is 144 Å². The molecular formula is C19H19NO5. The number of benzene rings is 2. The number of fused-ring (bicyclic) bond motifs is 1. The van der Waals surface area contributed by atoms with Crippen LogP contribution in [0.15, 0.2) is 36.4 Å². The molecule has 2 N–H and O–H groups in total. The van der Waals surface area contributed by atoms with Gasteiger partial charge >= 0.3 is 11.9 Å². The zero-order valence-electron chi connectivity index (χ0n) is 14.0. The summed E-state index contributed by atoms with van der Waals surface area (Å²) in [6.45, 7) is 1.61. The fourth-order valence-corrected chi connectivity index (χ4v) is 3.13. The Kier molecular flexibility index (Phi) is 4.20. The summed E-state index contributed by atoms with van der Waals surface area (Å²) in [6.07, 6.45) is 1.29. The minimum atomic E-state index is -0.927. The molecule has 130 valence electrons. The molecule has 2 aromatic rings. The molecule has 0 bridgehead atoms. The molecule has 6 nitrogen and oxygen atoms in total. The van der Waals surface area contributed by atoms with Gasteiger partial charge in [-0.05, 0) is 42.7 Å². The lowest BCUT2D eigenvalue weighted by atomic mass is 9.97. The first-order valence-electron chi connectivity index (χ1n) is 8.05. The number of carboxylic acids is 1. The summed E-state index contributed by atoms with van der Waals surface area (Å²) in [7, 11) is 1.31. The highest BCUT2D eigenvalue weighted by Gasteiger charge is 2.51. The maximum absolute atomic E-state index is 12.8. The highest BCUT2D eigenvalue weighted by Crippen LogP contribution is 2.42. The molecule has 1 fully saturated rings. The third-order valence-corrected chi connectivity index (χ3v) is 4.92. The van der Waals surface area contributed by atoms with Crippen LogP contribution >= 0.6 is 0 Å². The van der Waals surface area contributed by atoms with Gasteiger partial charge in [-0.25, -0.2) is 4.79 Å². The second-order valence-electron chi connectivity index (χ2n) is 6.37. The van der Waals surface area contributed by atoms with Gasteiger partial charge in [-0.15, -0.1) is 0 Å². The number of carbonyl (C=O) groups is 3. The summed E-state index contributed by atoms with van der Waals surface area (Å²) < 4.78 is 4.79. The van der Waals surface area contributed by atoms with Crippen LogP contribution in [0.25, 0.3) is 10.8 Å². The molecule has 25 heavy (non-hydrogen) atoms. The highest BCUT2D eigenvalue weighted by atomic mass is 16.5. The fraction of sp³-hybridized carbons (Fsp3) is 0.316. The summed E-state index contributed by atoms with van der Waals surface area (Å²) in [5, 5.41) is 13.4. The van der Waals surface area contributed by atoms with Gasteiger partial charge in [0.1, 0.15) is 0 Å². The fourth-order valence-electron chi connectivity index (χ4n) is 3.13. The van der Waals surface area contributed by atoms with Crippen molar-refractivity contribution >= 4 is 28.6 Å². The van der Waals surface area contributed by atoms with E-state index in [0.29, 0.717) is 34.7 Å². The van der Waals surface area contributed by atoms with Crippen molar-refractivity contribution < 1.29 is 24.2 Å². The second-order valence-corrected chi connectivity index (χ2v) is 6.37. The maximum atomic E-state index is 12.8. The molecule has 2 aromatic carbocycles. The molecule has 1 saturated carbocycles. The van der Waals surface area contributed by atoms with Crippen molar-refractivity contribution in [2.45, 2.75) is 25.3 Å². The molecule has 1 unspecified atom stereocenters. The number of carboxylic acid groups (broad SMARTS) is 1. The van der Waals surface area contributed by atoms with E-state index < -0.39 is 23.4 Å². The van der Waals surface area contributed by atoms with E-state index in [1.54, 1.807) is 43.3 Å². The summed E-state index contributed by atoms with van der Waals surface area (Å²) >= 11 is 0. The second kappa shape index (κ2) is 6.20. The average Bonchev–Trinajstić information content (AvgIpc) is 3.39. The van der Waals surface area contributed by atoms with E-state index in [4.69, 9.17) is 4.74 Å². The topological polar surface area (TPSA) is 92.7 Å². The molecule has 6 heteroatoms. The molecule has 1 atom stereocenters. The largest absolute Gasteiger partial charge is 0.481 e. The lowest BCUT2D eigenvalue weighted by Crippen LogP contribution is -2.44. The SMILES string of the molecule is COC(=O)c1cccc2c(C(=O)NC3(C(C)C(=O)O)CC3)cccc12. The van der Waals surface area contributed by atoms with Crippen LogP contribution in [0.2, 0.25) is 0 Å². The van der Waals surface area contributed by atoms with E-state index in [2.05, 4.69) is 5.32 Å². The van der Waals surface area contributed by atoms with E-state index in [1.165, 1.54) is 7.11 Å². The molecule has 1 aliphatic carbocycles. The van der Waals surface area contributed by atoms with Crippen molar-refractivity contribution in [1.82, 2.24) is 5.32 Å². The minimum absolute atomic E-state index is 0.335. The minimum Gasteiger partial charge on any atom is -0.481 e. The van der Waals surface area contributed by atoms with Gasteiger partial charge in [-0.1, -0.05) is 24.3 Å². The summed E-state index contributed by atoms with van der Waals surface area (Å²) in [5.74, 6) is -2.39. The van der Waals surface area contributed by atoms with Gasteiger partial charge in [-0.3, -0.25) is 9.59 Å². The Morgan fingerprint density at radius 2 is 1.64 bits per heavy atom. The van der Waals surface area contributed by atoms with Crippen LogP contribution in [-0.2, 0) is 9.53 Å². The van der Waals surface area contributed by atoms with Crippen molar-refractivity contribution in [1.29, 1.82) is 0 Å². The van der Waals surface area contributed by atoms with Crippen LogP contribution in [0.1, 0.15) is 40.5 Å². The number of rotatable bonds is 5. The number of nitrogens with one attached hydrogen (secondary N) is 1. The van der Waals surface area contributed by atoms with Crippen molar-refractivity contribution in [3.8, 4) is 0 Å². The molecule has 0 saturated heterocycles. The molecule has 1 aliphatic rings. The van der Waals surface area contributed by atoms with Crippen LogP contribution in [-0.4, -0.2) is 35.6 Å². The maximum Gasteiger partial charge on any atom is 0.338 e. The van der Waals surface area contributed by atoms with Gasteiger partial charge in [0.05, 0.1) is 24.1 Å². The monoisotopic (exact) mass is 341 g/mol. The number of carbonyl (C=O) groups excluding carboxylic acids is 2. The van der Waals surface area contributed by atoms with Gasteiger partial charge in [0.25, 0.3) is 5.91 Å². The standard InChI is InChI=1S/C19H19NO5/c1-11(17(22)23)19(9-10-19)20-16(21)14-7-3-6-13-12(14)5-4-8-15(13)18(24)25-2/h3-8,11H,9-10H2,1-2H3,(H,20,21)(H,22,23). The smallest absolute Gasteiger partial charge is 0.338 e. The van der Waals surface area contributed by atoms with Crippen molar-refractivity contribution in [2.24, 2.45) is 5.92 Å². The highest BCUT2D eigenvalue weighted by molar-refractivity contribution is 6.12. The summed E-state index contributed by atoms with van der Waals surface area (Å²) in [6, 6.07) is 10.2. The molecule has 3 rings (SSSR count). The zero-order chi connectivity index (χ0) is 18.2. The number of aliphatic carboxylic acids is 1. The Bertz CT molecular complexity index is 869. The van der Waals surface area contributed by atoms with Gasteiger partial charge < -0.3 is 15.2 Å². The zero-order valence-corrected chi connectivity index (χ0v) is 14.0. The predicted octanol–water partition coefficient (Wildman–Crippen LogP) is 2.61.